The first-order valence-electron chi connectivity index (χ1n) is 8.70. The number of aliphatic imine (C=N–C) groups is 1. The summed E-state index contributed by atoms with van der Waals surface area (Å²) in [6.07, 6.45) is 0.199. The van der Waals surface area contributed by atoms with Gasteiger partial charge in [-0.15, -0.1) is 22.7 Å². The molecule has 0 aliphatic heterocycles. The van der Waals surface area contributed by atoms with E-state index in [1.54, 1.807) is 17.4 Å². The van der Waals surface area contributed by atoms with Crippen LogP contribution in [0.15, 0.2) is 22.5 Å². The van der Waals surface area contributed by atoms with Crippen molar-refractivity contribution in [2.45, 2.75) is 45.6 Å². The average molecular weight is 415 g/mol. The largest absolute Gasteiger partial charge is 0.386 e. The van der Waals surface area contributed by atoms with Crippen molar-refractivity contribution in [2.75, 3.05) is 19.6 Å². The molecule has 2 aromatic heterocycles. The molecule has 0 saturated heterocycles. The smallest absolute Gasteiger partial charge is 0.191 e. The number of guanidine groups is 1. The summed E-state index contributed by atoms with van der Waals surface area (Å²) in [5, 5.41) is 20.0. The number of hydrogen-bond donors (Lipinski definition) is 3. The number of hydrogen-bond acceptors (Lipinski definition) is 5. The number of nitrogens with one attached hydrogen (secondary N) is 2. The van der Waals surface area contributed by atoms with Gasteiger partial charge >= 0.3 is 0 Å². The van der Waals surface area contributed by atoms with Gasteiger partial charge in [-0.3, -0.25) is 4.99 Å². The van der Waals surface area contributed by atoms with Gasteiger partial charge in [0.25, 0.3) is 0 Å². The Morgan fingerprint density at radius 1 is 1.35 bits per heavy atom. The van der Waals surface area contributed by atoms with Crippen LogP contribution in [0.3, 0.4) is 0 Å². The minimum Gasteiger partial charge on any atom is -0.386 e. The van der Waals surface area contributed by atoms with E-state index in [-0.39, 0.29) is 12.0 Å². The van der Waals surface area contributed by atoms with E-state index in [9.17, 15) is 5.11 Å². The molecule has 0 fully saturated rings. The molecule has 1 unspecified atom stereocenters. The van der Waals surface area contributed by atoms with E-state index < -0.39 is 6.10 Å². The van der Waals surface area contributed by atoms with Crippen molar-refractivity contribution >= 4 is 40.2 Å². The number of aromatic nitrogens is 1. The van der Waals surface area contributed by atoms with Crippen LogP contribution in [0.5, 0.6) is 0 Å². The summed E-state index contributed by atoms with van der Waals surface area (Å²) in [7, 11) is 0. The molecule has 2 rings (SSSR count). The lowest BCUT2D eigenvalue weighted by Gasteiger charge is -2.14. The molecule has 2 aromatic rings. The van der Waals surface area contributed by atoms with Gasteiger partial charge in [0.15, 0.2) is 5.96 Å². The summed E-state index contributed by atoms with van der Waals surface area (Å²) in [6, 6.07) is 3.63. The minimum atomic E-state index is -0.642. The van der Waals surface area contributed by atoms with Gasteiger partial charge in [0.1, 0.15) is 6.10 Å². The maximum absolute atomic E-state index is 10.2. The number of thiazole rings is 1. The Morgan fingerprint density at radius 3 is 2.69 bits per heavy atom. The fourth-order valence-electron chi connectivity index (χ4n) is 2.17. The molecule has 2 heterocycles. The number of rotatable bonds is 7. The molecule has 0 spiro atoms. The Balaban J connectivity index is 1.86. The van der Waals surface area contributed by atoms with E-state index in [0.29, 0.717) is 10.3 Å². The van der Waals surface area contributed by atoms with E-state index in [4.69, 9.17) is 16.6 Å². The monoisotopic (exact) mass is 414 g/mol. The third-order valence-corrected chi connectivity index (χ3v) is 5.88. The molecule has 26 heavy (non-hydrogen) atoms. The molecule has 0 radical (unpaired) electrons. The lowest BCUT2D eigenvalue weighted by Crippen LogP contribution is -2.38. The number of aliphatic hydroxyl groups is 1. The lowest BCUT2D eigenvalue weighted by atomic mass is 9.93. The summed E-state index contributed by atoms with van der Waals surface area (Å²) < 4.78 is 0.672. The molecule has 0 saturated carbocycles. The summed E-state index contributed by atoms with van der Waals surface area (Å²) >= 11 is 8.99. The van der Waals surface area contributed by atoms with Crippen molar-refractivity contribution in [2.24, 2.45) is 4.99 Å². The van der Waals surface area contributed by atoms with Gasteiger partial charge < -0.3 is 15.7 Å². The highest BCUT2D eigenvalue weighted by molar-refractivity contribution is 7.16. The van der Waals surface area contributed by atoms with Crippen LogP contribution in [0, 0.1) is 0 Å². The van der Waals surface area contributed by atoms with Gasteiger partial charge in [-0.2, -0.15) is 0 Å². The van der Waals surface area contributed by atoms with E-state index in [1.807, 2.05) is 13.0 Å². The number of nitrogens with zero attached hydrogens (tertiary/aromatic N) is 2. The molecular formula is C18H27ClN4OS2. The summed E-state index contributed by atoms with van der Waals surface area (Å²) in [5.41, 5.74) is 1.22. The van der Waals surface area contributed by atoms with E-state index >= 15 is 0 Å². The zero-order valence-corrected chi connectivity index (χ0v) is 18.1. The number of halogens is 1. The van der Waals surface area contributed by atoms with Crippen LogP contribution in [0.4, 0.5) is 0 Å². The van der Waals surface area contributed by atoms with Crippen LogP contribution >= 0.6 is 34.3 Å². The highest BCUT2D eigenvalue weighted by Crippen LogP contribution is 2.27. The van der Waals surface area contributed by atoms with Crippen molar-refractivity contribution in [3.05, 3.63) is 37.4 Å². The summed E-state index contributed by atoms with van der Waals surface area (Å²) in [5.74, 6) is 0.696. The van der Waals surface area contributed by atoms with Gasteiger partial charge in [-0.1, -0.05) is 32.4 Å². The lowest BCUT2D eigenvalue weighted by molar-refractivity contribution is 0.191. The van der Waals surface area contributed by atoms with Crippen molar-refractivity contribution < 1.29 is 5.11 Å². The predicted octanol–water partition coefficient (Wildman–Crippen LogP) is 3.99. The Morgan fingerprint density at radius 2 is 2.12 bits per heavy atom. The van der Waals surface area contributed by atoms with Crippen molar-refractivity contribution in [1.82, 2.24) is 15.6 Å². The Hall–Kier alpha value is -1.15. The van der Waals surface area contributed by atoms with Crippen LogP contribution in [-0.4, -0.2) is 35.7 Å². The first kappa shape index (κ1) is 21.2. The first-order valence-corrected chi connectivity index (χ1v) is 10.8. The number of aliphatic hydroxyl groups excluding tert-OH is 1. The molecule has 0 bridgehead atoms. The first-order chi connectivity index (χ1) is 12.3. The van der Waals surface area contributed by atoms with Gasteiger partial charge in [0.05, 0.1) is 21.6 Å². The van der Waals surface area contributed by atoms with Gasteiger partial charge in [-0.05, 0) is 19.1 Å². The van der Waals surface area contributed by atoms with Gasteiger partial charge in [-0.25, -0.2) is 4.98 Å². The molecule has 0 aliphatic rings. The second-order valence-corrected chi connectivity index (χ2v) is 9.62. The minimum absolute atomic E-state index is 0.0827. The zero-order valence-electron chi connectivity index (χ0n) is 15.7. The maximum Gasteiger partial charge on any atom is 0.191 e. The highest BCUT2D eigenvalue weighted by atomic mass is 35.5. The average Bonchev–Trinajstić information content (AvgIpc) is 3.21. The zero-order chi connectivity index (χ0) is 19.2. The molecule has 1 atom stereocenters. The quantitative estimate of drug-likeness (QED) is 0.473. The molecule has 0 aliphatic carbocycles. The fourth-order valence-corrected chi connectivity index (χ4v) is 4.24. The Kier molecular flexibility index (Phi) is 7.88. The topological polar surface area (TPSA) is 69.5 Å². The van der Waals surface area contributed by atoms with E-state index in [1.165, 1.54) is 11.3 Å². The Labute approximate surface area is 168 Å². The second-order valence-electron chi connectivity index (χ2n) is 6.93. The summed E-state index contributed by atoms with van der Waals surface area (Å²) in [4.78, 5) is 10.00. The van der Waals surface area contributed by atoms with Crippen LogP contribution in [0.25, 0.3) is 0 Å². The SMILES string of the molecule is CCNC(=NCC(O)c1ccc(Cl)s1)NCCc1nc(C(C)(C)C)cs1. The second kappa shape index (κ2) is 9.69. The van der Waals surface area contributed by atoms with Crippen LogP contribution < -0.4 is 10.6 Å². The van der Waals surface area contributed by atoms with Gasteiger partial charge in [0, 0.05) is 35.2 Å². The van der Waals surface area contributed by atoms with Crippen LogP contribution in [0.1, 0.15) is 49.4 Å². The molecule has 5 nitrogen and oxygen atoms in total. The molecular weight excluding hydrogens is 388 g/mol. The summed E-state index contributed by atoms with van der Waals surface area (Å²) in [6.45, 7) is 10.3. The third-order valence-electron chi connectivity index (χ3n) is 3.64. The Bertz CT molecular complexity index is 721. The molecule has 0 aromatic carbocycles. The van der Waals surface area contributed by atoms with Gasteiger partial charge in [0.2, 0.25) is 0 Å². The maximum atomic E-state index is 10.2. The third kappa shape index (κ3) is 6.54. The van der Waals surface area contributed by atoms with E-state index in [0.717, 1.165) is 35.1 Å². The fraction of sp³-hybridized carbons (Fsp3) is 0.556. The van der Waals surface area contributed by atoms with E-state index in [2.05, 4.69) is 41.8 Å². The number of thiophene rings is 1. The van der Waals surface area contributed by atoms with Crippen LogP contribution in [0.2, 0.25) is 4.34 Å². The standard InChI is InChI=1S/C18H27ClN4OS2/c1-5-20-17(22-10-12(24)13-6-7-15(19)26-13)21-9-8-16-23-14(11-25-16)18(2,3)4/h6-7,11-12,24H,5,8-10H2,1-4H3,(H2,20,21,22). The normalized spacial score (nSPS) is 13.7. The molecule has 3 N–H and O–H groups in total. The van der Waals surface area contributed by atoms with Crippen molar-refractivity contribution in [3.63, 3.8) is 0 Å². The molecule has 144 valence electrons. The molecule has 0 amide bonds. The van der Waals surface area contributed by atoms with Crippen molar-refractivity contribution in [1.29, 1.82) is 0 Å². The van der Waals surface area contributed by atoms with Crippen LogP contribution in [-0.2, 0) is 11.8 Å². The van der Waals surface area contributed by atoms with Crippen molar-refractivity contribution in [3.8, 4) is 0 Å². The predicted molar refractivity (Wildman–Crippen MR) is 113 cm³/mol. The highest BCUT2D eigenvalue weighted by Gasteiger charge is 2.17. The molecule has 8 heteroatoms.